The molecule has 3 N–H and O–H groups in total. The van der Waals surface area contributed by atoms with E-state index in [-0.39, 0.29) is 30.2 Å². The molecule has 0 aliphatic heterocycles. The topological polar surface area (TPSA) is 108 Å². The fraction of sp³-hybridized carbons (Fsp3) is 0.625. The lowest BCUT2D eigenvalue weighted by atomic mass is 9.88. The molecule has 1 aliphatic carbocycles. The normalized spacial score (nSPS) is 14.8. The van der Waals surface area contributed by atoms with Gasteiger partial charge in [-0.1, -0.05) is 31.9 Å². The molecule has 3 amide bonds. The number of aromatic hydroxyl groups is 1. The SMILES string of the molecule is CCCCCNC(=O)C(c1ccc(O)cc1)N(C(=O)CNC(=O)OC(C)(C)C)C1CCC1. The van der Waals surface area contributed by atoms with Gasteiger partial charge in [0.25, 0.3) is 0 Å². The fourth-order valence-corrected chi connectivity index (χ4v) is 3.55. The van der Waals surface area contributed by atoms with Gasteiger partial charge in [-0.2, -0.15) is 0 Å². The monoisotopic (exact) mass is 447 g/mol. The summed E-state index contributed by atoms with van der Waals surface area (Å²) in [6.45, 7) is 7.61. The third-order valence-corrected chi connectivity index (χ3v) is 5.35. The van der Waals surface area contributed by atoms with Crippen LogP contribution in [0.2, 0.25) is 0 Å². The standard InChI is InChI=1S/C24H37N3O5/c1-5-6-7-15-25-22(30)21(17-11-13-19(28)14-12-17)27(18-9-8-10-18)20(29)16-26-23(31)32-24(2,3)4/h11-14,18,21,28H,5-10,15-16H2,1-4H3,(H,25,30)(H,26,31). The van der Waals surface area contributed by atoms with E-state index in [1.807, 2.05) is 0 Å². The lowest BCUT2D eigenvalue weighted by molar-refractivity contribution is -0.145. The molecule has 1 aromatic carbocycles. The summed E-state index contributed by atoms with van der Waals surface area (Å²) in [4.78, 5) is 40.1. The summed E-state index contributed by atoms with van der Waals surface area (Å²) in [6.07, 6.45) is 4.82. The van der Waals surface area contributed by atoms with Gasteiger partial charge in [-0.3, -0.25) is 9.59 Å². The molecule has 1 atom stereocenters. The number of ether oxygens (including phenoxy) is 1. The number of phenolic OH excluding ortho intramolecular Hbond substituents is 1. The van der Waals surface area contributed by atoms with E-state index in [4.69, 9.17) is 4.74 Å². The van der Waals surface area contributed by atoms with E-state index in [1.54, 1.807) is 37.8 Å². The maximum absolute atomic E-state index is 13.2. The number of rotatable bonds is 10. The van der Waals surface area contributed by atoms with Gasteiger partial charge in [0, 0.05) is 12.6 Å². The minimum atomic E-state index is -0.838. The van der Waals surface area contributed by atoms with Crippen LogP contribution < -0.4 is 10.6 Å². The van der Waals surface area contributed by atoms with Gasteiger partial charge < -0.3 is 25.4 Å². The number of carbonyl (C=O) groups excluding carboxylic acids is 3. The van der Waals surface area contributed by atoms with Crippen molar-refractivity contribution in [2.24, 2.45) is 0 Å². The van der Waals surface area contributed by atoms with Crippen molar-refractivity contribution >= 4 is 17.9 Å². The van der Waals surface area contributed by atoms with E-state index in [0.29, 0.717) is 12.1 Å². The molecular weight excluding hydrogens is 410 g/mol. The van der Waals surface area contributed by atoms with Crippen LogP contribution in [-0.2, 0) is 14.3 Å². The average molecular weight is 448 g/mol. The van der Waals surface area contributed by atoms with E-state index >= 15 is 0 Å². The number of nitrogens with zero attached hydrogens (tertiary/aromatic N) is 1. The van der Waals surface area contributed by atoms with Crippen molar-refractivity contribution < 1.29 is 24.2 Å². The zero-order valence-corrected chi connectivity index (χ0v) is 19.6. The Balaban J connectivity index is 2.21. The van der Waals surface area contributed by atoms with Gasteiger partial charge in [0.05, 0.1) is 0 Å². The summed E-state index contributed by atoms with van der Waals surface area (Å²) in [5.41, 5.74) is -0.0541. The van der Waals surface area contributed by atoms with Crippen LogP contribution in [0.15, 0.2) is 24.3 Å². The van der Waals surface area contributed by atoms with Crippen LogP contribution in [0.5, 0.6) is 5.75 Å². The Morgan fingerprint density at radius 2 is 1.78 bits per heavy atom. The number of alkyl carbamates (subject to hydrolysis) is 1. The van der Waals surface area contributed by atoms with Crippen molar-refractivity contribution in [3.63, 3.8) is 0 Å². The number of hydrogen-bond acceptors (Lipinski definition) is 5. The number of phenols is 1. The fourth-order valence-electron chi connectivity index (χ4n) is 3.55. The first-order valence-corrected chi connectivity index (χ1v) is 11.5. The van der Waals surface area contributed by atoms with Crippen molar-refractivity contribution in [2.45, 2.75) is 83.9 Å². The van der Waals surface area contributed by atoms with Crippen molar-refractivity contribution in [2.75, 3.05) is 13.1 Å². The third kappa shape index (κ3) is 7.73. The quantitative estimate of drug-likeness (QED) is 0.475. The Hall–Kier alpha value is -2.77. The Bertz CT molecular complexity index is 769. The first kappa shape index (κ1) is 25.5. The molecule has 1 aromatic rings. The smallest absolute Gasteiger partial charge is 0.408 e. The van der Waals surface area contributed by atoms with Crippen LogP contribution in [0, 0.1) is 0 Å². The highest BCUT2D eigenvalue weighted by molar-refractivity contribution is 5.90. The number of amides is 3. The van der Waals surface area contributed by atoms with Gasteiger partial charge in [-0.25, -0.2) is 4.79 Å². The van der Waals surface area contributed by atoms with Gasteiger partial charge in [-0.15, -0.1) is 0 Å². The molecule has 0 radical (unpaired) electrons. The summed E-state index contributed by atoms with van der Waals surface area (Å²) in [5, 5.41) is 15.2. The summed E-state index contributed by atoms with van der Waals surface area (Å²) in [6, 6.07) is 5.42. The van der Waals surface area contributed by atoms with Gasteiger partial charge in [0.15, 0.2) is 0 Å². The van der Waals surface area contributed by atoms with E-state index in [1.165, 1.54) is 12.1 Å². The number of benzene rings is 1. The molecule has 2 rings (SSSR count). The molecular formula is C24H37N3O5. The van der Waals surface area contributed by atoms with Gasteiger partial charge in [0.1, 0.15) is 23.9 Å². The number of carbonyl (C=O) groups is 3. The minimum absolute atomic E-state index is 0.0804. The van der Waals surface area contributed by atoms with Crippen molar-refractivity contribution in [1.29, 1.82) is 0 Å². The predicted octanol–water partition coefficient (Wildman–Crippen LogP) is 3.65. The molecule has 1 saturated carbocycles. The van der Waals surface area contributed by atoms with Crippen LogP contribution in [-0.4, -0.2) is 52.6 Å². The molecule has 1 aliphatic rings. The number of unbranched alkanes of at least 4 members (excludes halogenated alkanes) is 2. The first-order valence-electron chi connectivity index (χ1n) is 11.5. The maximum atomic E-state index is 13.2. The zero-order valence-electron chi connectivity index (χ0n) is 19.6. The second kappa shape index (κ2) is 11.7. The van der Waals surface area contributed by atoms with Crippen LogP contribution in [0.25, 0.3) is 0 Å². The van der Waals surface area contributed by atoms with E-state index in [2.05, 4.69) is 17.6 Å². The summed E-state index contributed by atoms with van der Waals surface area (Å²) >= 11 is 0. The highest BCUT2D eigenvalue weighted by Crippen LogP contribution is 2.33. The second-order valence-corrected chi connectivity index (χ2v) is 9.23. The summed E-state index contributed by atoms with van der Waals surface area (Å²) in [5.74, 6) is -0.518. The molecule has 1 fully saturated rings. The average Bonchev–Trinajstić information content (AvgIpc) is 2.67. The lowest BCUT2D eigenvalue weighted by Gasteiger charge is -2.42. The number of nitrogens with one attached hydrogen (secondary N) is 2. The first-order chi connectivity index (χ1) is 15.1. The summed E-state index contributed by atoms with van der Waals surface area (Å²) in [7, 11) is 0. The number of hydrogen-bond donors (Lipinski definition) is 3. The largest absolute Gasteiger partial charge is 0.508 e. The Morgan fingerprint density at radius 3 is 2.31 bits per heavy atom. The highest BCUT2D eigenvalue weighted by Gasteiger charge is 2.38. The molecule has 8 heteroatoms. The molecule has 0 bridgehead atoms. The van der Waals surface area contributed by atoms with Crippen LogP contribution in [0.1, 0.15) is 77.8 Å². The van der Waals surface area contributed by atoms with E-state index in [9.17, 15) is 19.5 Å². The van der Waals surface area contributed by atoms with Crippen LogP contribution >= 0.6 is 0 Å². The molecule has 0 heterocycles. The second-order valence-electron chi connectivity index (χ2n) is 9.23. The van der Waals surface area contributed by atoms with Crippen LogP contribution in [0.3, 0.4) is 0 Å². The molecule has 0 aromatic heterocycles. The zero-order chi connectivity index (χ0) is 23.7. The van der Waals surface area contributed by atoms with Crippen LogP contribution in [0.4, 0.5) is 4.79 Å². The van der Waals surface area contributed by atoms with Crippen molar-refractivity contribution in [1.82, 2.24) is 15.5 Å². The predicted molar refractivity (Wildman–Crippen MR) is 122 cm³/mol. The maximum Gasteiger partial charge on any atom is 0.408 e. The Kier molecular flexibility index (Phi) is 9.35. The summed E-state index contributed by atoms with van der Waals surface area (Å²) < 4.78 is 5.22. The third-order valence-electron chi connectivity index (χ3n) is 5.35. The molecule has 0 spiro atoms. The van der Waals surface area contributed by atoms with E-state index in [0.717, 1.165) is 38.5 Å². The van der Waals surface area contributed by atoms with Gasteiger partial charge in [-0.05, 0) is 64.2 Å². The molecule has 1 unspecified atom stereocenters. The van der Waals surface area contributed by atoms with Gasteiger partial charge >= 0.3 is 6.09 Å². The lowest BCUT2D eigenvalue weighted by Crippen LogP contribution is -2.53. The molecule has 0 saturated heterocycles. The van der Waals surface area contributed by atoms with Gasteiger partial charge in [0.2, 0.25) is 11.8 Å². The minimum Gasteiger partial charge on any atom is -0.508 e. The Labute approximate surface area is 190 Å². The van der Waals surface area contributed by atoms with Crippen molar-refractivity contribution in [3.8, 4) is 5.75 Å². The Morgan fingerprint density at radius 1 is 1.12 bits per heavy atom. The van der Waals surface area contributed by atoms with Crippen molar-refractivity contribution in [3.05, 3.63) is 29.8 Å². The highest BCUT2D eigenvalue weighted by atomic mass is 16.6. The van der Waals surface area contributed by atoms with E-state index < -0.39 is 17.7 Å². The molecule has 8 nitrogen and oxygen atoms in total. The molecule has 32 heavy (non-hydrogen) atoms. The molecule has 178 valence electrons.